The van der Waals surface area contributed by atoms with Gasteiger partial charge >= 0.3 is 5.97 Å². The summed E-state index contributed by atoms with van der Waals surface area (Å²) in [4.78, 5) is 10.9. The quantitative estimate of drug-likeness (QED) is 0.375. The predicted octanol–water partition coefficient (Wildman–Crippen LogP) is 1.75. The Labute approximate surface area is 101 Å². The zero-order chi connectivity index (χ0) is 12.7. The van der Waals surface area contributed by atoms with Crippen molar-refractivity contribution < 1.29 is 14.6 Å². The Hall–Kier alpha value is -1.52. The number of carbonyl (C=O) groups is 1. The topological polar surface area (TPSA) is 82.4 Å². The molecule has 1 saturated carbocycles. The Morgan fingerprint density at radius 2 is 2.12 bits per heavy atom. The highest BCUT2D eigenvalue weighted by Crippen LogP contribution is 2.24. The van der Waals surface area contributed by atoms with Crippen molar-refractivity contribution >= 4 is 12.2 Å². The van der Waals surface area contributed by atoms with E-state index < -0.39 is 5.97 Å². The number of hydrogen-bond acceptors (Lipinski definition) is 4. The van der Waals surface area contributed by atoms with Gasteiger partial charge in [0.05, 0.1) is 6.61 Å². The van der Waals surface area contributed by atoms with E-state index >= 15 is 0 Å². The molecule has 0 aromatic heterocycles. The van der Waals surface area contributed by atoms with Gasteiger partial charge in [-0.1, -0.05) is 19.3 Å². The van der Waals surface area contributed by atoms with E-state index in [9.17, 15) is 4.79 Å². The molecule has 5 heteroatoms. The standard InChI is InChI=1S/C12H20N2O3/c1-14-11(10(7-13)12(15)16)17-8-9-5-3-2-4-6-9/h7,9,13-14H,2-6,8H2,1H3,(H,15,16)/b11-10-,13-7?. The summed E-state index contributed by atoms with van der Waals surface area (Å²) in [6.07, 6.45) is 6.82. The Bertz CT molecular complexity index is 307. The van der Waals surface area contributed by atoms with Crippen LogP contribution >= 0.6 is 0 Å². The first-order valence-electron chi connectivity index (χ1n) is 5.97. The normalized spacial score (nSPS) is 18.2. The highest BCUT2D eigenvalue weighted by molar-refractivity contribution is 6.07. The summed E-state index contributed by atoms with van der Waals surface area (Å²) in [6.45, 7) is 0.529. The fraction of sp³-hybridized carbons (Fsp3) is 0.667. The molecule has 96 valence electrons. The summed E-state index contributed by atoms with van der Waals surface area (Å²) in [5, 5.41) is 18.6. The van der Waals surface area contributed by atoms with E-state index in [-0.39, 0.29) is 11.5 Å². The van der Waals surface area contributed by atoms with Crippen molar-refractivity contribution in [2.24, 2.45) is 5.92 Å². The van der Waals surface area contributed by atoms with Crippen molar-refractivity contribution in [3.8, 4) is 0 Å². The highest BCUT2D eigenvalue weighted by Gasteiger charge is 2.17. The minimum absolute atomic E-state index is 0.136. The number of carboxylic acids is 1. The Balaban J connectivity index is 2.56. The van der Waals surface area contributed by atoms with E-state index in [0.717, 1.165) is 19.1 Å². The van der Waals surface area contributed by atoms with Crippen LogP contribution in [0.2, 0.25) is 0 Å². The van der Waals surface area contributed by atoms with Gasteiger partial charge in [-0.05, 0) is 18.8 Å². The third-order valence-electron chi connectivity index (χ3n) is 3.03. The molecular weight excluding hydrogens is 220 g/mol. The lowest BCUT2D eigenvalue weighted by atomic mass is 9.90. The molecule has 17 heavy (non-hydrogen) atoms. The van der Waals surface area contributed by atoms with Crippen molar-refractivity contribution in [2.75, 3.05) is 13.7 Å². The van der Waals surface area contributed by atoms with Gasteiger partial charge in [-0.25, -0.2) is 4.79 Å². The molecule has 0 aromatic rings. The monoisotopic (exact) mass is 240 g/mol. The highest BCUT2D eigenvalue weighted by atomic mass is 16.5. The van der Waals surface area contributed by atoms with E-state index in [1.165, 1.54) is 19.3 Å². The van der Waals surface area contributed by atoms with Crippen LogP contribution in [0.3, 0.4) is 0 Å². The second-order valence-corrected chi connectivity index (χ2v) is 4.26. The number of rotatable bonds is 6. The molecule has 0 bridgehead atoms. The van der Waals surface area contributed by atoms with Crippen LogP contribution in [0, 0.1) is 11.3 Å². The average Bonchev–Trinajstić information content (AvgIpc) is 2.35. The van der Waals surface area contributed by atoms with Gasteiger partial charge in [-0.15, -0.1) is 0 Å². The first kappa shape index (κ1) is 13.5. The van der Waals surface area contributed by atoms with E-state index in [0.29, 0.717) is 12.5 Å². The number of nitrogens with one attached hydrogen (secondary N) is 2. The molecule has 5 nitrogen and oxygen atoms in total. The van der Waals surface area contributed by atoms with Gasteiger partial charge in [0.15, 0.2) is 0 Å². The molecule has 0 aromatic carbocycles. The molecule has 0 spiro atoms. The zero-order valence-corrected chi connectivity index (χ0v) is 10.2. The predicted molar refractivity (Wildman–Crippen MR) is 65.0 cm³/mol. The SMILES string of the molecule is CN/C(OCC1CCCCC1)=C(\C=N)C(=O)O. The third-order valence-corrected chi connectivity index (χ3v) is 3.03. The maximum absolute atomic E-state index is 10.9. The Morgan fingerprint density at radius 3 is 2.59 bits per heavy atom. The second kappa shape index (κ2) is 6.93. The smallest absolute Gasteiger partial charge is 0.342 e. The first-order valence-corrected chi connectivity index (χ1v) is 5.97. The molecule has 3 N–H and O–H groups in total. The molecule has 0 unspecified atom stereocenters. The lowest BCUT2D eigenvalue weighted by Crippen LogP contribution is -2.21. The molecule has 0 atom stereocenters. The number of ether oxygens (including phenoxy) is 1. The average molecular weight is 240 g/mol. The van der Waals surface area contributed by atoms with Crippen LogP contribution in [0.25, 0.3) is 0 Å². The van der Waals surface area contributed by atoms with Crippen LogP contribution in [0.4, 0.5) is 0 Å². The van der Waals surface area contributed by atoms with Gasteiger partial charge in [0.2, 0.25) is 5.88 Å². The summed E-state index contributed by atoms with van der Waals surface area (Å²) < 4.78 is 5.48. The Kier molecular flexibility index (Phi) is 5.52. The van der Waals surface area contributed by atoms with Crippen LogP contribution < -0.4 is 5.32 Å². The number of hydrogen-bond donors (Lipinski definition) is 3. The van der Waals surface area contributed by atoms with Crippen LogP contribution in [0.1, 0.15) is 32.1 Å². The van der Waals surface area contributed by atoms with E-state index in [2.05, 4.69) is 5.32 Å². The van der Waals surface area contributed by atoms with Crippen LogP contribution in [0.5, 0.6) is 0 Å². The fourth-order valence-corrected chi connectivity index (χ4v) is 2.06. The summed E-state index contributed by atoms with van der Waals surface area (Å²) in [7, 11) is 1.60. The van der Waals surface area contributed by atoms with Crippen LogP contribution in [0.15, 0.2) is 11.5 Å². The maximum Gasteiger partial charge on any atom is 0.342 e. The molecule has 0 amide bonds. The summed E-state index contributed by atoms with van der Waals surface area (Å²) in [6, 6.07) is 0. The fourth-order valence-electron chi connectivity index (χ4n) is 2.06. The molecule has 0 saturated heterocycles. The van der Waals surface area contributed by atoms with Gasteiger partial charge in [0.25, 0.3) is 0 Å². The van der Waals surface area contributed by atoms with Crippen molar-refractivity contribution in [3.05, 3.63) is 11.5 Å². The van der Waals surface area contributed by atoms with E-state index in [1.54, 1.807) is 7.05 Å². The largest absolute Gasteiger partial charge is 0.478 e. The first-order chi connectivity index (χ1) is 8.19. The zero-order valence-electron chi connectivity index (χ0n) is 10.2. The third kappa shape index (κ3) is 4.09. The van der Waals surface area contributed by atoms with Crippen LogP contribution in [-0.2, 0) is 9.53 Å². The number of aliphatic carboxylic acids is 1. The van der Waals surface area contributed by atoms with Gasteiger partial charge in [0.1, 0.15) is 5.57 Å². The minimum Gasteiger partial charge on any atom is -0.478 e. The molecule has 0 aliphatic heterocycles. The van der Waals surface area contributed by atoms with Gasteiger partial charge in [-0.3, -0.25) is 0 Å². The van der Waals surface area contributed by atoms with Crippen molar-refractivity contribution in [1.82, 2.24) is 5.32 Å². The van der Waals surface area contributed by atoms with Crippen LogP contribution in [-0.4, -0.2) is 30.9 Å². The second-order valence-electron chi connectivity index (χ2n) is 4.26. The van der Waals surface area contributed by atoms with Crippen molar-refractivity contribution in [2.45, 2.75) is 32.1 Å². The summed E-state index contributed by atoms with van der Waals surface area (Å²) in [5.74, 6) is -0.459. The molecule has 0 heterocycles. The van der Waals surface area contributed by atoms with Gasteiger partial charge < -0.3 is 20.6 Å². The lowest BCUT2D eigenvalue weighted by molar-refractivity contribution is -0.132. The van der Waals surface area contributed by atoms with Gasteiger partial charge in [0, 0.05) is 13.3 Å². The molecular formula is C12H20N2O3. The molecule has 1 rings (SSSR count). The molecule has 1 fully saturated rings. The van der Waals surface area contributed by atoms with Crippen molar-refractivity contribution in [1.29, 1.82) is 5.41 Å². The maximum atomic E-state index is 10.9. The van der Waals surface area contributed by atoms with E-state index in [4.69, 9.17) is 15.3 Å². The summed E-state index contributed by atoms with van der Waals surface area (Å²) >= 11 is 0. The summed E-state index contributed by atoms with van der Waals surface area (Å²) in [5.41, 5.74) is -0.136. The molecule has 0 radical (unpaired) electrons. The number of carboxylic acid groups (broad SMARTS) is 1. The minimum atomic E-state index is -1.15. The Morgan fingerprint density at radius 1 is 1.47 bits per heavy atom. The van der Waals surface area contributed by atoms with Crippen molar-refractivity contribution in [3.63, 3.8) is 0 Å². The molecule has 1 aliphatic rings. The lowest BCUT2D eigenvalue weighted by Gasteiger charge is -2.22. The molecule has 1 aliphatic carbocycles. The van der Waals surface area contributed by atoms with Gasteiger partial charge in [-0.2, -0.15) is 0 Å². The van der Waals surface area contributed by atoms with E-state index in [1.807, 2.05) is 0 Å².